The predicted molar refractivity (Wildman–Crippen MR) is 66.1 cm³/mol. The molecule has 1 aromatic carbocycles. The van der Waals surface area contributed by atoms with Crippen molar-refractivity contribution in [3.8, 4) is 0 Å². The van der Waals surface area contributed by atoms with Crippen molar-refractivity contribution in [2.45, 2.75) is 25.4 Å². The van der Waals surface area contributed by atoms with E-state index in [2.05, 4.69) is 26.0 Å². The van der Waals surface area contributed by atoms with Crippen LogP contribution in [0.5, 0.6) is 0 Å². The SMILES string of the molecule is Cc1cc2c(cc1C)CSSSC2. The van der Waals surface area contributed by atoms with Crippen LogP contribution in [-0.4, -0.2) is 0 Å². The number of aryl methyl sites for hydroxylation is 2. The Morgan fingerprint density at radius 2 is 1.38 bits per heavy atom. The topological polar surface area (TPSA) is 0 Å². The van der Waals surface area contributed by atoms with Crippen LogP contribution in [0, 0.1) is 13.8 Å². The highest BCUT2D eigenvalue weighted by Gasteiger charge is 2.09. The van der Waals surface area contributed by atoms with Crippen LogP contribution in [-0.2, 0) is 11.5 Å². The molecule has 0 aromatic heterocycles. The monoisotopic (exact) mass is 228 g/mol. The number of benzene rings is 1. The Balaban J connectivity index is 2.43. The highest BCUT2D eigenvalue weighted by Crippen LogP contribution is 2.43. The van der Waals surface area contributed by atoms with E-state index in [1.807, 2.05) is 31.4 Å². The second kappa shape index (κ2) is 4.20. The maximum atomic E-state index is 2.35. The van der Waals surface area contributed by atoms with E-state index in [9.17, 15) is 0 Å². The maximum absolute atomic E-state index is 2.35. The van der Waals surface area contributed by atoms with Gasteiger partial charge in [0.2, 0.25) is 0 Å². The molecule has 0 N–H and O–H groups in total. The first-order valence-corrected chi connectivity index (χ1v) is 8.09. The zero-order chi connectivity index (χ0) is 9.26. The summed E-state index contributed by atoms with van der Waals surface area (Å²) in [4.78, 5) is 0. The van der Waals surface area contributed by atoms with Gasteiger partial charge in [0.25, 0.3) is 0 Å². The van der Waals surface area contributed by atoms with Crippen molar-refractivity contribution in [3.63, 3.8) is 0 Å². The van der Waals surface area contributed by atoms with Gasteiger partial charge in [-0.15, -0.1) is 0 Å². The van der Waals surface area contributed by atoms with Gasteiger partial charge < -0.3 is 0 Å². The van der Waals surface area contributed by atoms with Crippen LogP contribution in [0.2, 0.25) is 0 Å². The van der Waals surface area contributed by atoms with E-state index in [1.165, 1.54) is 22.3 Å². The minimum Gasteiger partial charge on any atom is -0.0777 e. The van der Waals surface area contributed by atoms with Crippen molar-refractivity contribution in [2.75, 3.05) is 0 Å². The highest BCUT2D eigenvalue weighted by molar-refractivity contribution is 9.09. The Labute approximate surface area is 91.1 Å². The molecule has 13 heavy (non-hydrogen) atoms. The molecule has 2 rings (SSSR count). The summed E-state index contributed by atoms with van der Waals surface area (Å²) in [6, 6.07) is 4.70. The predicted octanol–water partition coefficient (Wildman–Crippen LogP) is 4.35. The van der Waals surface area contributed by atoms with Gasteiger partial charge in [-0.05, 0) is 45.9 Å². The Kier molecular flexibility index (Phi) is 3.17. The molecule has 0 spiro atoms. The van der Waals surface area contributed by atoms with Crippen molar-refractivity contribution < 1.29 is 0 Å². The molecule has 1 aliphatic rings. The number of rotatable bonds is 0. The summed E-state index contributed by atoms with van der Waals surface area (Å²) in [6.07, 6.45) is 0. The van der Waals surface area contributed by atoms with E-state index in [0.29, 0.717) is 0 Å². The Morgan fingerprint density at radius 3 is 1.85 bits per heavy atom. The molecule has 70 valence electrons. The average molecular weight is 228 g/mol. The van der Waals surface area contributed by atoms with Crippen LogP contribution >= 0.6 is 31.4 Å². The molecule has 0 saturated heterocycles. The van der Waals surface area contributed by atoms with Gasteiger partial charge in [-0.25, -0.2) is 0 Å². The number of fused-ring (bicyclic) bond motifs is 1. The molecular weight excluding hydrogens is 216 g/mol. The van der Waals surface area contributed by atoms with Crippen molar-refractivity contribution in [3.05, 3.63) is 34.4 Å². The lowest BCUT2D eigenvalue weighted by Crippen LogP contribution is -1.92. The molecule has 0 bridgehead atoms. The van der Waals surface area contributed by atoms with E-state index < -0.39 is 0 Å². The number of hydrogen-bond acceptors (Lipinski definition) is 3. The Hall–Kier alpha value is 0.270. The van der Waals surface area contributed by atoms with Crippen LogP contribution in [0.15, 0.2) is 12.1 Å². The molecule has 0 aliphatic carbocycles. The summed E-state index contributed by atoms with van der Waals surface area (Å²) in [5.74, 6) is 2.32. The lowest BCUT2D eigenvalue weighted by atomic mass is 10.0. The van der Waals surface area contributed by atoms with E-state index in [1.54, 1.807) is 0 Å². The molecule has 0 unspecified atom stereocenters. The van der Waals surface area contributed by atoms with Crippen LogP contribution in [0.25, 0.3) is 0 Å². The third-order valence-electron chi connectivity index (χ3n) is 2.34. The fourth-order valence-corrected chi connectivity index (χ4v) is 5.10. The van der Waals surface area contributed by atoms with Gasteiger partial charge in [0, 0.05) is 11.5 Å². The molecule has 0 amide bonds. The second-order valence-electron chi connectivity index (χ2n) is 3.30. The first-order valence-electron chi connectivity index (χ1n) is 4.27. The number of hydrogen-bond donors (Lipinski definition) is 0. The Morgan fingerprint density at radius 1 is 0.923 bits per heavy atom. The third kappa shape index (κ3) is 2.20. The largest absolute Gasteiger partial charge is 0.0777 e. The zero-order valence-electron chi connectivity index (χ0n) is 7.79. The molecule has 0 nitrogen and oxygen atoms in total. The van der Waals surface area contributed by atoms with Gasteiger partial charge in [-0.3, -0.25) is 0 Å². The van der Waals surface area contributed by atoms with E-state index >= 15 is 0 Å². The molecule has 0 fully saturated rings. The highest BCUT2D eigenvalue weighted by atomic mass is 33.5. The fraction of sp³-hybridized carbons (Fsp3) is 0.400. The minimum atomic E-state index is 1.16. The average Bonchev–Trinajstić information content (AvgIpc) is 2.31. The van der Waals surface area contributed by atoms with Gasteiger partial charge in [-0.2, -0.15) is 0 Å². The van der Waals surface area contributed by atoms with Crippen molar-refractivity contribution in [1.29, 1.82) is 0 Å². The summed E-state index contributed by atoms with van der Waals surface area (Å²) >= 11 is 0. The summed E-state index contributed by atoms with van der Waals surface area (Å²) in [5.41, 5.74) is 5.92. The van der Waals surface area contributed by atoms with E-state index in [4.69, 9.17) is 0 Å². The van der Waals surface area contributed by atoms with Crippen LogP contribution in [0.4, 0.5) is 0 Å². The van der Waals surface area contributed by atoms with Gasteiger partial charge >= 0.3 is 0 Å². The summed E-state index contributed by atoms with van der Waals surface area (Å²) in [6.45, 7) is 4.40. The van der Waals surface area contributed by atoms with Gasteiger partial charge in [-0.1, -0.05) is 33.7 Å². The van der Waals surface area contributed by atoms with Crippen molar-refractivity contribution >= 4 is 31.4 Å². The third-order valence-corrected chi connectivity index (χ3v) is 6.41. The molecule has 1 heterocycles. The molecular formula is C10H12S3. The van der Waals surface area contributed by atoms with Gasteiger partial charge in [0.1, 0.15) is 0 Å². The van der Waals surface area contributed by atoms with E-state index in [0.717, 1.165) is 11.5 Å². The second-order valence-corrected chi connectivity index (χ2v) is 7.53. The molecule has 0 saturated carbocycles. The van der Waals surface area contributed by atoms with Crippen molar-refractivity contribution in [1.82, 2.24) is 0 Å². The quantitative estimate of drug-likeness (QED) is 0.606. The summed E-state index contributed by atoms with van der Waals surface area (Å²) in [7, 11) is 5.82. The lowest BCUT2D eigenvalue weighted by Gasteiger charge is -2.08. The first-order chi connectivity index (χ1) is 6.27. The zero-order valence-corrected chi connectivity index (χ0v) is 10.2. The molecule has 1 aliphatic heterocycles. The maximum Gasteiger partial charge on any atom is 0.0300 e. The fourth-order valence-electron chi connectivity index (χ4n) is 1.41. The minimum absolute atomic E-state index is 1.16. The smallest absolute Gasteiger partial charge is 0.0300 e. The van der Waals surface area contributed by atoms with Crippen LogP contribution in [0.3, 0.4) is 0 Å². The molecule has 0 atom stereocenters. The molecule has 1 aromatic rings. The van der Waals surface area contributed by atoms with E-state index in [-0.39, 0.29) is 0 Å². The lowest BCUT2D eigenvalue weighted by molar-refractivity contribution is 1.22. The Bertz CT molecular complexity index is 289. The summed E-state index contributed by atoms with van der Waals surface area (Å²) < 4.78 is 0. The van der Waals surface area contributed by atoms with Gasteiger partial charge in [0.15, 0.2) is 0 Å². The summed E-state index contributed by atoms with van der Waals surface area (Å²) in [5, 5.41) is 0. The van der Waals surface area contributed by atoms with Gasteiger partial charge in [0.05, 0.1) is 0 Å². The first kappa shape index (κ1) is 9.81. The standard InChI is InChI=1S/C10H12S3/c1-7-3-9-5-11-13-12-6-10(9)4-8(7)2/h3-4H,5-6H2,1-2H3. The molecule has 0 radical (unpaired) electrons. The van der Waals surface area contributed by atoms with Crippen molar-refractivity contribution in [2.24, 2.45) is 0 Å². The van der Waals surface area contributed by atoms with Crippen LogP contribution < -0.4 is 0 Å². The van der Waals surface area contributed by atoms with Crippen LogP contribution in [0.1, 0.15) is 22.3 Å². The normalized spacial score (nSPS) is 16.5. The molecule has 3 heteroatoms.